The third-order valence-electron chi connectivity index (χ3n) is 4.63. The number of hydrogen-bond donors (Lipinski definition) is 0. The van der Waals surface area contributed by atoms with Crippen molar-refractivity contribution in [3.63, 3.8) is 0 Å². The normalized spacial score (nSPS) is 20.3. The summed E-state index contributed by atoms with van der Waals surface area (Å²) in [5.41, 5.74) is 0. The first-order chi connectivity index (χ1) is 12.9. The molecule has 0 radical (unpaired) electrons. The van der Waals surface area contributed by atoms with E-state index in [1.807, 2.05) is 6.08 Å². The average Bonchev–Trinajstić information content (AvgIpc) is 2.65. The number of rotatable bonds is 10. The summed E-state index contributed by atoms with van der Waals surface area (Å²) in [6, 6.07) is 1.97. The molecule has 152 valence electrons. The smallest absolute Gasteiger partial charge is 0.422 e. The molecule has 3 nitrogen and oxygen atoms in total. The first kappa shape index (κ1) is 21.5. The first-order valence-corrected chi connectivity index (χ1v) is 9.26. The summed E-state index contributed by atoms with van der Waals surface area (Å²) in [5, 5.41) is 0. The molecule has 1 aliphatic rings. The summed E-state index contributed by atoms with van der Waals surface area (Å²) in [6.07, 6.45) is 3.08. The van der Waals surface area contributed by atoms with Gasteiger partial charge in [-0.15, -0.1) is 6.58 Å². The SMILES string of the molecule is C=CCCC1CCC(OCC(F)(F)Oc2ccc(OCC)c(F)c2F)CC1. The van der Waals surface area contributed by atoms with E-state index in [4.69, 9.17) is 9.47 Å². The molecule has 0 aromatic heterocycles. The van der Waals surface area contributed by atoms with Crippen molar-refractivity contribution in [1.82, 2.24) is 0 Å². The van der Waals surface area contributed by atoms with Crippen LogP contribution in [-0.2, 0) is 4.74 Å². The van der Waals surface area contributed by atoms with Gasteiger partial charge in [-0.05, 0) is 63.5 Å². The van der Waals surface area contributed by atoms with Crippen LogP contribution in [0, 0.1) is 17.6 Å². The van der Waals surface area contributed by atoms with Crippen LogP contribution in [0.2, 0.25) is 0 Å². The van der Waals surface area contributed by atoms with Crippen molar-refractivity contribution in [1.29, 1.82) is 0 Å². The number of benzene rings is 1. The number of hydrogen-bond acceptors (Lipinski definition) is 3. The molecule has 0 amide bonds. The van der Waals surface area contributed by atoms with Crippen LogP contribution in [0.25, 0.3) is 0 Å². The van der Waals surface area contributed by atoms with Crippen LogP contribution >= 0.6 is 0 Å². The first-order valence-electron chi connectivity index (χ1n) is 9.26. The largest absolute Gasteiger partial charge is 0.491 e. The van der Waals surface area contributed by atoms with Gasteiger partial charge in [0, 0.05) is 0 Å². The number of ether oxygens (including phenoxy) is 3. The van der Waals surface area contributed by atoms with Crippen molar-refractivity contribution in [2.45, 2.75) is 57.7 Å². The molecule has 1 aromatic rings. The molecule has 0 saturated heterocycles. The zero-order valence-electron chi connectivity index (χ0n) is 15.5. The van der Waals surface area contributed by atoms with Gasteiger partial charge in [0.1, 0.15) is 0 Å². The van der Waals surface area contributed by atoms with Gasteiger partial charge in [-0.3, -0.25) is 0 Å². The highest BCUT2D eigenvalue weighted by molar-refractivity contribution is 5.35. The zero-order chi connectivity index (χ0) is 19.9. The minimum absolute atomic E-state index is 0.121. The lowest BCUT2D eigenvalue weighted by molar-refractivity contribution is -0.223. The van der Waals surface area contributed by atoms with Gasteiger partial charge >= 0.3 is 6.11 Å². The van der Waals surface area contributed by atoms with Crippen molar-refractivity contribution in [2.24, 2.45) is 5.92 Å². The molecule has 0 bridgehead atoms. The van der Waals surface area contributed by atoms with Gasteiger partial charge in [-0.2, -0.15) is 17.6 Å². The van der Waals surface area contributed by atoms with Crippen LogP contribution in [-0.4, -0.2) is 25.4 Å². The van der Waals surface area contributed by atoms with Crippen molar-refractivity contribution in [3.05, 3.63) is 36.4 Å². The fourth-order valence-electron chi connectivity index (χ4n) is 3.21. The molecule has 1 fully saturated rings. The highest BCUT2D eigenvalue weighted by atomic mass is 19.3. The van der Waals surface area contributed by atoms with Crippen molar-refractivity contribution >= 4 is 0 Å². The Kier molecular flexibility index (Phi) is 7.95. The number of halogens is 4. The second-order valence-electron chi connectivity index (χ2n) is 6.68. The van der Waals surface area contributed by atoms with Crippen LogP contribution in [0.15, 0.2) is 24.8 Å². The molecule has 7 heteroatoms. The lowest BCUT2D eigenvalue weighted by Crippen LogP contribution is -2.34. The van der Waals surface area contributed by atoms with Gasteiger partial charge in [-0.25, -0.2) is 0 Å². The monoisotopic (exact) mass is 390 g/mol. The second-order valence-corrected chi connectivity index (χ2v) is 6.68. The molecule has 0 aliphatic heterocycles. The summed E-state index contributed by atoms with van der Waals surface area (Å²) in [4.78, 5) is 0. The molecule has 0 N–H and O–H groups in total. The lowest BCUT2D eigenvalue weighted by Gasteiger charge is -2.29. The van der Waals surface area contributed by atoms with Crippen LogP contribution in [0.5, 0.6) is 11.5 Å². The fourth-order valence-corrected chi connectivity index (χ4v) is 3.21. The predicted octanol–water partition coefficient (Wildman–Crippen LogP) is 5.88. The standard InChI is InChI=1S/C20H26F4O3/c1-3-5-6-14-7-9-15(10-8-14)26-13-20(23,24)27-17-12-11-16(25-4-2)18(21)19(17)22/h3,11-12,14-15H,1,4-10,13H2,2H3. The predicted molar refractivity (Wildman–Crippen MR) is 94.2 cm³/mol. The molecular weight excluding hydrogens is 364 g/mol. The molecular formula is C20H26F4O3. The van der Waals surface area contributed by atoms with E-state index in [1.165, 1.54) is 0 Å². The Morgan fingerprint density at radius 3 is 2.37 bits per heavy atom. The summed E-state index contributed by atoms with van der Waals surface area (Å²) >= 11 is 0. The summed E-state index contributed by atoms with van der Waals surface area (Å²) in [6.45, 7) is 4.41. The summed E-state index contributed by atoms with van der Waals surface area (Å²) in [7, 11) is 0. The molecule has 0 atom stereocenters. The minimum atomic E-state index is -3.76. The number of alkyl halides is 2. The van der Waals surface area contributed by atoms with Gasteiger partial charge in [0.05, 0.1) is 12.7 Å². The number of allylic oxidation sites excluding steroid dienone is 1. The minimum Gasteiger partial charge on any atom is -0.491 e. The lowest BCUT2D eigenvalue weighted by atomic mass is 9.84. The molecule has 27 heavy (non-hydrogen) atoms. The molecule has 0 heterocycles. The Morgan fingerprint density at radius 1 is 1.11 bits per heavy atom. The fraction of sp³-hybridized carbons (Fsp3) is 0.600. The molecule has 1 aliphatic carbocycles. The van der Waals surface area contributed by atoms with Gasteiger partial charge in [-0.1, -0.05) is 6.08 Å². The average molecular weight is 390 g/mol. The third kappa shape index (κ3) is 6.41. The highest BCUT2D eigenvalue weighted by Gasteiger charge is 2.36. The van der Waals surface area contributed by atoms with E-state index in [1.54, 1.807) is 6.92 Å². The Bertz CT molecular complexity index is 613. The van der Waals surface area contributed by atoms with Crippen molar-refractivity contribution in [2.75, 3.05) is 13.2 Å². The molecule has 0 spiro atoms. The van der Waals surface area contributed by atoms with E-state index in [0.717, 1.165) is 37.8 Å². The summed E-state index contributed by atoms with van der Waals surface area (Å²) < 4.78 is 70.2. The highest BCUT2D eigenvalue weighted by Crippen LogP contribution is 2.33. The van der Waals surface area contributed by atoms with E-state index in [2.05, 4.69) is 11.3 Å². The van der Waals surface area contributed by atoms with Gasteiger partial charge in [0.2, 0.25) is 11.6 Å². The zero-order valence-corrected chi connectivity index (χ0v) is 15.5. The second kappa shape index (κ2) is 9.97. The van der Waals surface area contributed by atoms with Gasteiger partial charge in [0.15, 0.2) is 18.1 Å². The molecule has 1 aromatic carbocycles. The van der Waals surface area contributed by atoms with E-state index in [9.17, 15) is 17.6 Å². The maximum Gasteiger partial charge on any atom is 0.422 e. The van der Waals surface area contributed by atoms with Crippen molar-refractivity contribution in [3.8, 4) is 11.5 Å². The Labute approximate surface area is 157 Å². The van der Waals surface area contributed by atoms with Crippen LogP contribution < -0.4 is 9.47 Å². The third-order valence-corrected chi connectivity index (χ3v) is 4.63. The molecule has 1 saturated carbocycles. The quantitative estimate of drug-likeness (QED) is 0.369. The molecule has 2 rings (SSSR count). The maximum atomic E-state index is 14.0. The maximum absolute atomic E-state index is 14.0. The van der Waals surface area contributed by atoms with Gasteiger partial charge < -0.3 is 14.2 Å². The van der Waals surface area contributed by atoms with Gasteiger partial charge in [0.25, 0.3) is 0 Å². The topological polar surface area (TPSA) is 27.7 Å². The molecule has 0 unspecified atom stereocenters. The van der Waals surface area contributed by atoms with E-state index < -0.39 is 30.1 Å². The van der Waals surface area contributed by atoms with E-state index in [-0.39, 0.29) is 18.5 Å². The van der Waals surface area contributed by atoms with E-state index >= 15 is 0 Å². The Balaban J connectivity index is 1.85. The van der Waals surface area contributed by atoms with Crippen molar-refractivity contribution < 1.29 is 31.8 Å². The van der Waals surface area contributed by atoms with Crippen LogP contribution in [0.1, 0.15) is 45.4 Å². The van der Waals surface area contributed by atoms with Crippen LogP contribution in [0.4, 0.5) is 17.6 Å². The Morgan fingerprint density at radius 2 is 1.74 bits per heavy atom. The van der Waals surface area contributed by atoms with E-state index in [0.29, 0.717) is 18.8 Å². The van der Waals surface area contributed by atoms with Crippen LogP contribution in [0.3, 0.4) is 0 Å². The summed E-state index contributed by atoms with van der Waals surface area (Å²) in [5.74, 6) is -3.53. The Hall–Kier alpha value is -1.76.